The van der Waals surface area contributed by atoms with Crippen molar-refractivity contribution in [3.8, 4) is 0 Å². The topological polar surface area (TPSA) is 80.6 Å². The van der Waals surface area contributed by atoms with Gasteiger partial charge in [0.15, 0.2) is 0 Å². The van der Waals surface area contributed by atoms with Crippen LogP contribution in [-0.2, 0) is 20.9 Å². The molecule has 2 bridgehead atoms. The molecule has 0 aromatic carbocycles. The zero-order chi connectivity index (χ0) is 17.7. The number of hydrogen-bond donors (Lipinski definition) is 0. The molecule has 2 unspecified atom stereocenters. The third-order valence-electron chi connectivity index (χ3n) is 6.58. The Kier molecular flexibility index (Phi) is 3.77. The molecule has 8 heteroatoms. The summed E-state index contributed by atoms with van der Waals surface area (Å²) in [7, 11) is 0. The van der Waals surface area contributed by atoms with Crippen LogP contribution >= 0.6 is 0 Å². The van der Waals surface area contributed by atoms with Crippen LogP contribution in [0.4, 0.5) is 0 Å². The highest BCUT2D eigenvalue weighted by Crippen LogP contribution is 2.48. The van der Waals surface area contributed by atoms with Gasteiger partial charge < -0.3 is 14.5 Å². The lowest BCUT2D eigenvalue weighted by molar-refractivity contribution is -0.154. The predicted molar refractivity (Wildman–Crippen MR) is 90.9 cm³/mol. The van der Waals surface area contributed by atoms with Crippen molar-refractivity contribution >= 4 is 11.8 Å². The van der Waals surface area contributed by atoms with Crippen molar-refractivity contribution in [2.45, 2.75) is 50.3 Å². The first kappa shape index (κ1) is 16.2. The number of carbonyl (C=O) groups is 2. The smallest absolute Gasteiger partial charge is 0.244 e. The molecule has 8 nitrogen and oxygen atoms in total. The zero-order valence-electron chi connectivity index (χ0n) is 14.9. The molecule has 1 saturated carbocycles. The number of carbonyl (C=O) groups excluding carboxylic acids is 2. The van der Waals surface area contributed by atoms with Crippen LogP contribution in [-0.4, -0.2) is 74.3 Å². The number of piperidine rings is 1. The Morgan fingerprint density at radius 1 is 1.23 bits per heavy atom. The fourth-order valence-electron chi connectivity index (χ4n) is 5.31. The van der Waals surface area contributed by atoms with E-state index in [4.69, 9.17) is 4.74 Å². The Labute approximate surface area is 152 Å². The summed E-state index contributed by atoms with van der Waals surface area (Å²) in [6.07, 6.45) is 8.01. The SMILES string of the molecule is O=C(Cn1cncn1)N1CC2CC(C1)N(C(=O)C1CC3(CCCO3)C1)C2. The maximum absolute atomic E-state index is 13.0. The van der Waals surface area contributed by atoms with Gasteiger partial charge in [0.25, 0.3) is 0 Å². The molecule has 1 spiro atoms. The molecule has 5 rings (SSSR count). The summed E-state index contributed by atoms with van der Waals surface area (Å²) in [5.41, 5.74) is 0.00886. The lowest BCUT2D eigenvalue weighted by atomic mass is 9.69. The highest BCUT2D eigenvalue weighted by Gasteiger charge is 2.53. The molecule has 3 saturated heterocycles. The molecule has 0 radical (unpaired) electrons. The quantitative estimate of drug-likeness (QED) is 0.775. The van der Waals surface area contributed by atoms with Gasteiger partial charge in [0.1, 0.15) is 19.2 Å². The number of aromatic nitrogens is 3. The Morgan fingerprint density at radius 3 is 2.85 bits per heavy atom. The zero-order valence-corrected chi connectivity index (χ0v) is 14.9. The fraction of sp³-hybridized carbons (Fsp3) is 0.778. The first-order valence-corrected chi connectivity index (χ1v) is 9.66. The molecule has 4 heterocycles. The first-order chi connectivity index (χ1) is 12.6. The number of amides is 2. The Morgan fingerprint density at radius 2 is 2.12 bits per heavy atom. The molecule has 26 heavy (non-hydrogen) atoms. The van der Waals surface area contributed by atoms with Crippen molar-refractivity contribution in [3.63, 3.8) is 0 Å². The second-order valence-corrected chi connectivity index (χ2v) is 8.38. The molecule has 1 aliphatic carbocycles. The van der Waals surface area contributed by atoms with Gasteiger partial charge in [-0.25, -0.2) is 9.67 Å². The van der Waals surface area contributed by atoms with E-state index in [1.165, 1.54) is 6.33 Å². The normalized spacial score (nSPS) is 35.8. The van der Waals surface area contributed by atoms with Gasteiger partial charge in [-0.15, -0.1) is 0 Å². The van der Waals surface area contributed by atoms with Crippen molar-refractivity contribution in [2.24, 2.45) is 11.8 Å². The fourth-order valence-corrected chi connectivity index (χ4v) is 5.31. The van der Waals surface area contributed by atoms with Crippen molar-refractivity contribution < 1.29 is 14.3 Å². The summed E-state index contributed by atoms with van der Waals surface area (Å²) in [6, 6.07) is 0.169. The first-order valence-electron chi connectivity index (χ1n) is 9.66. The molecule has 2 amide bonds. The van der Waals surface area contributed by atoms with Gasteiger partial charge in [0, 0.05) is 38.2 Å². The Hall–Kier alpha value is -1.96. The van der Waals surface area contributed by atoms with Crippen LogP contribution in [0.5, 0.6) is 0 Å². The lowest BCUT2D eigenvalue weighted by Crippen LogP contribution is -2.53. The molecule has 2 atom stereocenters. The van der Waals surface area contributed by atoms with E-state index in [9.17, 15) is 9.59 Å². The summed E-state index contributed by atoms with van der Waals surface area (Å²) < 4.78 is 7.42. The van der Waals surface area contributed by atoms with Gasteiger partial charge in [-0.05, 0) is 38.0 Å². The third-order valence-corrected chi connectivity index (χ3v) is 6.58. The minimum absolute atomic E-state index is 0.00886. The van der Waals surface area contributed by atoms with Crippen LogP contribution in [0.3, 0.4) is 0 Å². The molecule has 0 N–H and O–H groups in total. The van der Waals surface area contributed by atoms with Crippen molar-refractivity contribution in [3.05, 3.63) is 12.7 Å². The van der Waals surface area contributed by atoms with E-state index in [0.29, 0.717) is 12.5 Å². The number of rotatable bonds is 3. The average molecular weight is 359 g/mol. The van der Waals surface area contributed by atoms with Crippen molar-refractivity contribution in [2.75, 3.05) is 26.2 Å². The molecule has 4 fully saturated rings. The van der Waals surface area contributed by atoms with Crippen LogP contribution in [0.25, 0.3) is 0 Å². The van der Waals surface area contributed by atoms with Gasteiger partial charge in [-0.1, -0.05) is 0 Å². The van der Waals surface area contributed by atoms with Crippen LogP contribution in [0.1, 0.15) is 32.1 Å². The van der Waals surface area contributed by atoms with E-state index >= 15 is 0 Å². The standard InChI is InChI=1S/C18H25N5O3/c24-16(10-22-12-19-11-20-22)21-7-13-4-15(9-21)23(8-13)17(25)14-5-18(6-14)2-1-3-26-18/h11-15H,1-10H2. The number of likely N-dealkylation sites (tertiary alicyclic amines) is 2. The maximum atomic E-state index is 13.0. The van der Waals surface area contributed by atoms with Crippen molar-refractivity contribution in [1.82, 2.24) is 24.6 Å². The Balaban J connectivity index is 1.20. The molecule has 140 valence electrons. The van der Waals surface area contributed by atoms with E-state index in [1.807, 2.05) is 4.90 Å². The van der Waals surface area contributed by atoms with E-state index in [2.05, 4.69) is 15.0 Å². The molecule has 4 aliphatic rings. The van der Waals surface area contributed by atoms with Gasteiger partial charge in [-0.3, -0.25) is 9.59 Å². The minimum atomic E-state index is 0.00886. The van der Waals surface area contributed by atoms with E-state index in [-0.39, 0.29) is 35.9 Å². The van der Waals surface area contributed by atoms with Crippen LogP contribution in [0, 0.1) is 11.8 Å². The summed E-state index contributed by atoms with van der Waals surface area (Å²) in [5, 5.41) is 4.01. The minimum Gasteiger partial charge on any atom is -0.375 e. The highest BCUT2D eigenvalue weighted by molar-refractivity contribution is 5.81. The van der Waals surface area contributed by atoms with E-state index in [1.54, 1.807) is 11.0 Å². The number of hydrogen-bond acceptors (Lipinski definition) is 5. The van der Waals surface area contributed by atoms with Gasteiger partial charge in [-0.2, -0.15) is 5.10 Å². The van der Waals surface area contributed by atoms with Crippen LogP contribution in [0.2, 0.25) is 0 Å². The maximum Gasteiger partial charge on any atom is 0.244 e. The van der Waals surface area contributed by atoms with Gasteiger partial charge in [0.05, 0.1) is 5.60 Å². The number of fused-ring (bicyclic) bond motifs is 2. The van der Waals surface area contributed by atoms with Crippen LogP contribution < -0.4 is 0 Å². The summed E-state index contributed by atoms with van der Waals surface area (Å²) in [6.45, 7) is 3.24. The number of nitrogens with zero attached hydrogens (tertiary/aromatic N) is 5. The van der Waals surface area contributed by atoms with Crippen LogP contribution in [0.15, 0.2) is 12.7 Å². The predicted octanol–water partition coefficient (Wildman–Crippen LogP) is 0.297. The molecular weight excluding hydrogens is 334 g/mol. The van der Waals surface area contributed by atoms with E-state index < -0.39 is 0 Å². The Bertz CT molecular complexity index is 692. The monoisotopic (exact) mass is 359 g/mol. The third kappa shape index (κ3) is 2.71. The van der Waals surface area contributed by atoms with Gasteiger partial charge >= 0.3 is 0 Å². The molecule has 1 aromatic rings. The summed E-state index contributed by atoms with van der Waals surface area (Å²) >= 11 is 0. The average Bonchev–Trinajstić information content (AvgIpc) is 3.33. The summed E-state index contributed by atoms with van der Waals surface area (Å²) in [4.78, 5) is 33.4. The largest absolute Gasteiger partial charge is 0.375 e. The second kappa shape index (κ2) is 6.04. The van der Waals surface area contributed by atoms with Crippen molar-refractivity contribution in [1.29, 1.82) is 0 Å². The van der Waals surface area contributed by atoms with Gasteiger partial charge in [0.2, 0.25) is 11.8 Å². The molecular formula is C18H25N5O3. The summed E-state index contributed by atoms with van der Waals surface area (Å²) in [5.74, 6) is 0.853. The number of ether oxygens (including phenoxy) is 1. The molecule has 3 aliphatic heterocycles. The van der Waals surface area contributed by atoms with E-state index in [0.717, 1.165) is 51.8 Å². The molecule has 1 aromatic heterocycles. The highest BCUT2D eigenvalue weighted by atomic mass is 16.5. The lowest BCUT2D eigenvalue weighted by Gasteiger charge is -2.45. The second-order valence-electron chi connectivity index (χ2n) is 8.38.